The maximum Gasteiger partial charge on any atom is -0.0260 e. The molecular weight excluding hydrogens is 228 g/mol. The van der Waals surface area contributed by atoms with Crippen LogP contribution < -0.4 is 0 Å². The van der Waals surface area contributed by atoms with Crippen LogP contribution >= 0.6 is 0 Å². The molecule has 0 N–H and O–H groups in total. The van der Waals surface area contributed by atoms with Gasteiger partial charge in [-0.25, -0.2) is 0 Å². The van der Waals surface area contributed by atoms with Crippen molar-refractivity contribution in [3.63, 3.8) is 0 Å². The number of hydrogen-bond acceptors (Lipinski definition) is 0. The molecule has 0 fully saturated rings. The molecule has 0 aliphatic carbocycles. The van der Waals surface area contributed by atoms with Gasteiger partial charge in [0.25, 0.3) is 0 Å². The molecule has 0 amide bonds. The molecule has 0 heteroatoms. The molecule has 0 spiro atoms. The number of benzene rings is 1. The monoisotopic (exact) mass is 256 g/mol. The third kappa shape index (κ3) is 18.7. The Bertz CT molecular complexity index is 374. The van der Waals surface area contributed by atoms with Gasteiger partial charge in [0, 0.05) is 0 Å². The Labute approximate surface area is 119 Å². The van der Waals surface area contributed by atoms with Crippen molar-refractivity contribution in [1.82, 2.24) is 0 Å². The molecule has 0 radical (unpaired) electrons. The van der Waals surface area contributed by atoms with E-state index in [2.05, 4.69) is 44.7 Å². The Kier molecular flexibility index (Phi) is 16.6. The Balaban J connectivity index is 0. The number of hydrogen-bond donors (Lipinski definition) is 0. The first-order valence-corrected chi connectivity index (χ1v) is 6.63. The molecule has 0 aliphatic rings. The van der Waals surface area contributed by atoms with E-state index in [9.17, 15) is 0 Å². The van der Waals surface area contributed by atoms with Crippen molar-refractivity contribution in [2.75, 3.05) is 0 Å². The van der Waals surface area contributed by atoms with Gasteiger partial charge >= 0.3 is 0 Å². The average Bonchev–Trinajstić information content (AvgIpc) is 2.42. The van der Waals surface area contributed by atoms with E-state index in [1.54, 1.807) is 6.08 Å². The van der Waals surface area contributed by atoms with Gasteiger partial charge in [-0.2, -0.15) is 0 Å². The fraction of sp³-hybridized carbons (Fsp3) is 0.263. The van der Waals surface area contributed by atoms with E-state index < -0.39 is 0 Å². The van der Waals surface area contributed by atoms with Crippen LogP contribution in [0.15, 0.2) is 72.9 Å². The average molecular weight is 256 g/mol. The van der Waals surface area contributed by atoms with E-state index in [1.165, 1.54) is 11.1 Å². The van der Waals surface area contributed by atoms with Crippen molar-refractivity contribution in [2.24, 2.45) is 0 Å². The fourth-order valence-corrected chi connectivity index (χ4v) is 0.893. The van der Waals surface area contributed by atoms with Gasteiger partial charge in [0.1, 0.15) is 0 Å². The van der Waals surface area contributed by atoms with Crippen LogP contribution in [0.2, 0.25) is 0 Å². The van der Waals surface area contributed by atoms with Crippen LogP contribution in [0.3, 0.4) is 0 Å². The zero-order valence-electron chi connectivity index (χ0n) is 13.1. The molecule has 1 aromatic rings. The summed E-state index contributed by atoms with van der Waals surface area (Å²) in [6.07, 6.45) is 11.8. The Morgan fingerprint density at radius 2 is 1.47 bits per heavy atom. The topological polar surface area (TPSA) is 0 Å². The lowest BCUT2D eigenvalue weighted by Crippen LogP contribution is -1.65. The SMILES string of the molecule is C=CC=CC.CC=C(C)C.CC=Cc1ccccc1. The smallest absolute Gasteiger partial charge is 0.0260 e. The summed E-state index contributed by atoms with van der Waals surface area (Å²) in [6, 6.07) is 10.3. The largest absolute Gasteiger partial charge is 0.0991 e. The molecule has 0 unspecified atom stereocenters. The summed E-state index contributed by atoms with van der Waals surface area (Å²) in [5.41, 5.74) is 2.64. The van der Waals surface area contributed by atoms with Crippen molar-refractivity contribution in [3.05, 3.63) is 78.4 Å². The molecule has 104 valence electrons. The van der Waals surface area contributed by atoms with E-state index in [-0.39, 0.29) is 0 Å². The summed E-state index contributed by atoms with van der Waals surface area (Å²) in [5, 5.41) is 0. The molecule has 0 saturated heterocycles. The predicted octanol–water partition coefficient (Wildman–Crippen LogP) is 6.44. The number of allylic oxidation sites excluding steroid dienone is 6. The lowest BCUT2D eigenvalue weighted by atomic mass is 10.2. The van der Waals surface area contributed by atoms with Crippen molar-refractivity contribution in [2.45, 2.75) is 34.6 Å². The molecule has 0 aliphatic heterocycles. The molecule has 19 heavy (non-hydrogen) atoms. The first-order chi connectivity index (χ1) is 9.12. The van der Waals surface area contributed by atoms with Gasteiger partial charge in [-0.15, -0.1) is 0 Å². The minimum atomic E-state index is 1.26. The van der Waals surface area contributed by atoms with Gasteiger partial charge < -0.3 is 0 Å². The van der Waals surface area contributed by atoms with Crippen LogP contribution in [0.25, 0.3) is 6.08 Å². The highest BCUT2D eigenvalue weighted by atomic mass is 13.8. The molecule has 1 rings (SSSR count). The maximum atomic E-state index is 3.46. The first kappa shape index (κ1) is 19.5. The Morgan fingerprint density at radius 3 is 1.74 bits per heavy atom. The summed E-state index contributed by atoms with van der Waals surface area (Å²) in [7, 11) is 0. The third-order valence-electron chi connectivity index (χ3n) is 2.06. The highest BCUT2D eigenvalue weighted by Crippen LogP contribution is 1.99. The third-order valence-corrected chi connectivity index (χ3v) is 2.06. The predicted molar refractivity (Wildman–Crippen MR) is 91.3 cm³/mol. The van der Waals surface area contributed by atoms with Gasteiger partial charge in [0.2, 0.25) is 0 Å². The quantitative estimate of drug-likeness (QED) is 0.422. The molecule has 1 aromatic carbocycles. The highest BCUT2D eigenvalue weighted by molar-refractivity contribution is 5.47. The van der Waals surface area contributed by atoms with Crippen LogP contribution in [0.5, 0.6) is 0 Å². The van der Waals surface area contributed by atoms with Crippen LogP contribution in [0.4, 0.5) is 0 Å². The lowest BCUT2D eigenvalue weighted by Gasteiger charge is -1.86. The van der Waals surface area contributed by atoms with E-state index in [0.29, 0.717) is 0 Å². The van der Waals surface area contributed by atoms with Crippen LogP contribution in [0.1, 0.15) is 40.2 Å². The molecule has 0 atom stereocenters. The second-order valence-electron chi connectivity index (χ2n) is 4.04. The van der Waals surface area contributed by atoms with Gasteiger partial charge in [-0.1, -0.05) is 78.9 Å². The van der Waals surface area contributed by atoms with Crippen molar-refractivity contribution in [3.8, 4) is 0 Å². The van der Waals surface area contributed by atoms with E-state index in [0.717, 1.165) is 0 Å². The standard InChI is InChI=1S/C9H10.C5H10.C5H8/c1-2-6-9-7-4-3-5-8-9;1-4-5(2)3;1-3-5-4-2/h2-8H,1H3;4H,1-3H3;3-5H,1H2,2H3. The van der Waals surface area contributed by atoms with Gasteiger partial charge in [0.15, 0.2) is 0 Å². The molecule has 0 nitrogen and oxygen atoms in total. The summed E-state index contributed by atoms with van der Waals surface area (Å²) < 4.78 is 0. The number of rotatable bonds is 2. The maximum absolute atomic E-state index is 3.46. The summed E-state index contributed by atoms with van der Waals surface area (Å²) >= 11 is 0. The van der Waals surface area contributed by atoms with Crippen molar-refractivity contribution in [1.29, 1.82) is 0 Å². The van der Waals surface area contributed by atoms with Gasteiger partial charge in [-0.05, 0) is 40.2 Å². The minimum absolute atomic E-state index is 1.26. The minimum Gasteiger partial charge on any atom is -0.0991 e. The van der Waals surface area contributed by atoms with Crippen LogP contribution in [0, 0.1) is 0 Å². The summed E-state index contributed by atoms with van der Waals surface area (Å²) in [5.74, 6) is 0. The molecule has 0 heterocycles. The van der Waals surface area contributed by atoms with E-state index >= 15 is 0 Å². The normalized spacial score (nSPS) is 9.11. The zero-order valence-corrected chi connectivity index (χ0v) is 13.1. The fourth-order valence-electron chi connectivity index (χ4n) is 0.893. The Hall–Kier alpha value is -1.82. The zero-order chi connectivity index (χ0) is 14.9. The van der Waals surface area contributed by atoms with Crippen molar-refractivity contribution < 1.29 is 0 Å². The van der Waals surface area contributed by atoms with E-state index in [1.807, 2.05) is 57.2 Å². The lowest BCUT2D eigenvalue weighted by molar-refractivity contribution is 1.36. The van der Waals surface area contributed by atoms with Gasteiger partial charge in [-0.3, -0.25) is 0 Å². The van der Waals surface area contributed by atoms with Gasteiger partial charge in [0.05, 0.1) is 0 Å². The molecular formula is C19H28. The Morgan fingerprint density at radius 1 is 0.947 bits per heavy atom. The molecule has 0 aromatic heterocycles. The first-order valence-electron chi connectivity index (χ1n) is 6.63. The van der Waals surface area contributed by atoms with Crippen LogP contribution in [-0.4, -0.2) is 0 Å². The second kappa shape index (κ2) is 16.2. The second-order valence-corrected chi connectivity index (χ2v) is 4.04. The summed E-state index contributed by atoms with van der Waals surface area (Å²) in [6.45, 7) is 13.6. The molecule has 0 saturated carbocycles. The highest BCUT2D eigenvalue weighted by Gasteiger charge is 1.77. The molecule has 0 bridgehead atoms. The van der Waals surface area contributed by atoms with Crippen molar-refractivity contribution >= 4 is 6.08 Å². The van der Waals surface area contributed by atoms with E-state index in [4.69, 9.17) is 0 Å². The van der Waals surface area contributed by atoms with Crippen LogP contribution in [-0.2, 0) is 0 Å². The summed E-state index contributed by atoms with van der Waals surface area (Å²) in [4.78, 5) is 0.